The minimum atomic E-state index is -0.199. The monoisotopic (exact) mass is 1210 g/mol. The van der Waals surface area contributed by atoms with Gasteiger partial charge >= 0.3 is 0 Å². The molecule has 11 aromatic carbocycles. The summed E-state index contributed by atoms with van der Waals surface area (Å²) < 4.78 is 0. The number of allylic oxidation sites excluding steroid dienone is 3. The van der Waals surface area contributed by atoms with E-state index in [2.05, 4.69) is 360 Å². The van der Waals surface area contributed by atoms with Crippen molar-refractivity contribution in [3.8, 4) is 44.5 Å². The van der Waals surface area contributed by atoms with Gasteiger partial charge in [-0.2, -0.15) is 0 Å². The Morgan fingerprint density at radius 1 is 0.309 bits per heavy atom. The first-order valence-corrected chi connectivity index (χ1v) is 33.9. The first-order valence-electron chi connectivity index (χ1n) is 33.9. The van der Waals surface area contributed by atoms with Gasteiger partial charge in [0.25, 0.3) is 0 Å². The smallest absolute Gasteiger partial charge is 0.0466 e. The molecule has 2 atom stereocenters. The first-order chi connectivity index (χ1) is 45.2. The predicted octanol–water partition coefficient (Wildman–Crippen LogP) is 24.6. The van der Waals surface area contributed by atoms with Crippen LogP contribution in [-0.2, 0) is 21.7 Å². The Balaban J connectivity index is 0.606. The molecule has 16 rings (SSSR count). The number of nitrogens with zero attached hydrogens (tertiary/aromatic N) is 2. The van der Waals surface area contributed by atoms with E-state index in [0.29, 0.717) is 11.8 Å². The molecule has 0 saturated heterocycles. The Hall–Kier alpha value is -10.0. The van der Waals surface area contributed by atoms with Crippen LogP contribution in [0.1, 0.15) is 150 Å². The summed E-state index contributed by atoms with van der Waals surface area (Å²) in [5.41, 5.74) is 38.0. The van der Waals surface area contributed by atoms with Crippen molar-refractivity contribution < 1.29 is 0 Å². The third-order valence-corrected chi connectivity index (χ3v) is 22.0. The van der Waals surface area contributed by atoms with E-state index in [0.717, 1.165) is 0 Å². The highest BCUT2D eigenvalue weighted by atomic mass is 15.2. The zero-order chi connectivity index (χ0) is 64.7. The van der Waals surface area contributed by atoms with E-state index in [1.807, 2.05) is 0 Å². The van der Waals surface area contributed by atoms with Crippen molar-refractivity contribution in [1.29, 1.82) is 0 Å². The van der Waals surface area contributed by atoms with Crippen LogP contribution in [0.15, 0.2) is 248 Å². The summed E-state index contributed by atoms with van der Waals surface area (Å²) in [5, 5.41) is 0. The van der Waals surface area contributed by atoms with Gasteiger partial charge in [0, 0.05) is 56.3 Å². The lowest BCUT2D eigenvalue weighted by Crippen LogP contribution is -2.28. The molecule has 0 bridgehead atoms. The molecule has 5 aliphatic rings. The molecular weight excluding hydrogens is 1130 g/mol. The molecule has 0 radical (unpaired) electrons. The van der Waals surface area contributed by atoms with Gasteiger partial charge in [-0.25, -0.2) is 0 Å². The number of hydrogen-bond acceptors (Lipinski definition) is 2. The minimum absolute atomic E-state index is 0.0222. The third-order valence-electron chi connectivity index (χ3n) is 22.0. The molecule has 5 aliphatic carbocycles. The quantitative estimate of drug-likeness (QED) is 0.119. The van der Waals surface area contributed by atoms with E-state index in [1.165, 1.54) is 168 Å². The van der Waals surface area contributed by atoms with Crippen molar-refractivity contribution in [1.82, 2.24) is 0 Å². The normalized spacial score (nSPS) is 17.4. The van der Waals surface area contributed by atoms with E-state index in [1.54, 1.807) is 0 Å². The fourth-order valence-electron chi connectivity index (χ4n) is 17.1. The maximum atomic E-state index is 2.57. The summed E-state index contributed by atoms with van der Waals surface area (Å²) >= 11 is 0. The molecule has 0 fully saturated rings. The summed E-state index contributed by atoms with van der Waals surface area (Å²) in [7, 11) is 0. The van der Waals surface area contributed by atoms with E-state index in [9.17, 15) is 0 Å². The van der Waals surface area contributed by atoms with Gasteiger partial charge in [0.05, 0.1) is 0 Å². The van der Waals surface area contributed by atoms with E-state index in [-0.39, 0.29) is 21.7 Å². The van der Waals surface area contributed by atoms with Crippen LogP contribution in [-0.4, -0.2) is 0 Å². The number of rotatable bonds is 11. The average Bonchev–Trinajstić information content (AvgIpc) is 1.55. The van der Waals surface area contributed by atoms with Gasteiger partial charge in [-0.15, -0.1) is 0 Å². The van der Waals surface area contributed by atoms with Gasteiger partial charge in [0.1, 0.15) is 0 Å². The molecule has 11 aromatic rings. The molecule has 0 aromatic heterocycles. The molecule has 460 valence electrons. The van der Waals surface area contributed by atoms with Gasteiger partial charge in [0.15, 0.2) is 0 Å². The highest BCUT2D eigenvalue weighted by Gasteiger charge is 2.46. The Kier molecular flexibility index (Phi) is 13.7. The zero-order valence-electron chi connectivity index (χ0n) is 56.5. The van der Waals surface area contributed by atoms with Crippen LogP contribution in [0, 0.1) is 33.6 Å². The standard InChI is InChI=1S/C92H82N2/c1-57-45-58(2)48-71(47-57)93(67-35-41-77-73-17-13-15-19-81(73)89(5,6)85(77)53-67)69-37-43-79-75-39-29-63(51-83(75)91(9,10)87(79)55-69)23-21-61-25-31-65(32-26-61)66-33-27-62(28-34-66)22-24-64-30-40-76-80-44-38-70(56-88(80)92(11,12)84(76)52-64)94(72-49-59(3)46-60(4)50-72)68-36-42-78-74-18-14-16-20-82(74)90(7,8)86(78)54-68/h13-56,77,85H,1-12H3. The Labute approximate surface area is 557 Å². The molecular formula is C92H82N2. The molecule has 0 aliphatic heterocycles. The van der Waals surface area contributed by atoms with E-state index >= 15 is 0 Å². The second kappa shape index (κ2) is 21.8. The van der Waals surface area contributed by atoms with Crippen molar-refractivity contribution in [3.63, 3.8) is 0 Å². The summed E-state index contributed by atoms with van der Waals surface area (Å²) in [6.07, 6.45) is 16.5. The van der Waals surface area contributed by atoms with Crippen LogP contribution >= 0.6 is 0 Å². The Morgan fingerprint density at radius 2 is 0.670 bits per heavy atom. The maximum absolute atomic E-state index is 2.57. The highest BCUT2D eigenvalue weighted by molar-refractivity contribution is 5.91. The maximum Gasteiger partial charge on any atom is 0.0466 e. The van der Waals surface area contributed by atoms with Gasteiger partial charge < -0.3 is 9.80 Å². The summed E-state index contributed by atoms with van der Waals surface area (Å²) in [5.74, 6) is 0.742. The summed E-state index contributed by atoms with van der Waals surface area (Å²) in [6, 6.07) is 85.4. The number of hydrogen-bond donors (Lipinski definition) is 0. The molecule has 94 heavy (non-hydrogen) atoms. The Morgan fingerprint density at radius 3 is 1.15 bits per heavy atom. The van der Waals surface area contributed by atoms with Crippen molar-refractivity contribution >= 4 is 52.7 Å². The predicted molar refractivity (Wildman–Crippen MR) is 400 cm³/mol. The fraction of sp³-hybridized carbons (Fsp3) is 0.196. The highest BCUT2D eigenvalue weighted by Crippen LogP contribution is 2.57. The van der Waals surface area contributed by atoms with Gasteiger partial charge in [0.2, 0.25) is 0 Å². The fourth-order valence-corrected chi connectivity index (χ4v) is 17.1. The van der Waals surface area contributed by atoms with Crippen LogP contribution in [0.25, 0.3) is 68.8 Å². The van der Waals surface area contributed by atoms with Gasteiger partial charge in [-0.1, -0.05) is 256 Å². The number of aryl methyl sites for hydroxylation is 4. The summed E-state index contributed by atoms with van der Waals surface area (Å²) in [4.78, 5) is 4.99. The number of anilines is 5. The van der Waals surface area contributed by atoms with Crippen molar-refractivity contribution in [2.75, 3.05) is 9.80 Å². The largest absolute Gasteiger partial charge is 0.311 e. The van der Waals surface area contributed by atoms with E-state index in [4.69, 9.17) is 0 Å². The topological polar surface area (TPSA) is 6.48 Å². The average molecular weight is 1220 g/mol. The number of benzene rings is 11. The van der Waals surface area contributed by atoms with E-state index < -0.39 is 0 Å². The lowest BCUT2D eigenvalue weighted by atomic mass is 9.74. The molecule has 2 unspecified atom stereocenters. The molecule has 0 saturated carbocycles. The van der Waals surface area contributed by atoms with Crippen LogP contribution in [0.3, 0.4) is 0 Å². The summed E-state index contributed by atoms with van der Waals surface area (Å²) in [6.45, 7) is 28.0. The van der Waals surface area contributed by atoms with Crippen LogP contribution in [0.5, 0.6) is 0 Å². The SMILES string of the molecule is Cc1cc(C)cc(N(C2=CC3C(C=C2)c2ccccc2C3(C)C)c2ccc3c(c2)C(C)(C)c2cc(C=Cc4ccc(-c5ccc(C=Cc6ccc7c(c6)C(C)(C)c6cc(N(c8cc(C)cc(C)c8)c8ccc9c(c8)C(C)(C)c8ccccc8-9)ccc6-7)cc5)cc4)ccc2-3)c1. The Bertz CT molecular complexity index is 5030. The van der Waals surface area contributed by atoms with Crippen molar-refractivity contribution in [2.45, 2.75) is 111 Å². The van der Waals surface area contributed by atoms with Gasteiger partial charge in [-0.05, 0) is 239 Å². The van der Waals surface area contributed by atoms with Crippen LogP contribution in [0.4, 0.5) is 28.4 Å². The molecule has 0 amide bonds. The zero-order valence-corrected chi connectivity index (χ0v) is 56.5. The lowest BCUT2D eigenvalue weighted by molar-refractivity contribution is 0.392. The van der Waals surface area contributed by atoms with Gasteiger partial charge in [-0.3, -0.25) is 0 Å². The van der Waals surface area contributed by atoms with Crippen LogP contribution < -0.4 is 9.80 Å². The van der Waals surface area contributed by atoms with Crippen molar-refractivity contribution in [3.05, 3.63) is 337 Å². The lowest BCUT2D eigenvalue weighted by Gasteiger charge is -2.35. The molecule has 0 N–H and O–H groups in total. The second-order valence-corrected chi connectivity index (χ2v) is 29.8. The molecule has 0 spiro atoms. The minimum Gasteiger partial charge on any atom is -0.311 e. The van der Waals surface area contributed by atoms with Crippen LogP contribution in [0.2, 0.25) is 0 Å². The second-order valence-electron chi connectivity index (χ2n) is 29.8. The molecule has 2 heteroatoms. The third kappa shape index (κ3) is 9.65. The molecule has 0 heterocycles. The van der Waals surface area contributed by atoms with Crippen molar-refractivity contribution in [2.24, 2.45) is 5.92 Å². The number of fused-ring (bicyclic) bond motifs is 12. The first kappa shape index (κ1) is 59.0. The molecule has 2 nitrogen and oxygen atoms in total.